The number of carbonyl (C=O) groups excluding carboxylic acids is 1. The molecule has 0 spiro atoms. The maximum absolute atomic E-state index is 12.5. The average Bonchev–Trinajstić information content (AvgIpc) is 3.18. The van der Waals surface area contributed by atoms with Crippen LogP contribution in [-0.4, -0.2) is 47.8 Å². The molecule has 4 rings (SSSR count). The van der Waals surface area contributed by atoms with E-state index in [1.54, 1.807) is 7.11 Å². The van der Waals surface area contributed by atoms with Crippen molar-refractivity contribution < 1.29 is 32.6 Å². The fourth-order valence-electron chi connectivity index (χ4n) is 3.79. The van der Waals surface area contributed by atoms with E-state index in [4.69, 9.17) is 14.6 Å². The van der Waals surface area contributed by atoms with Gasteiger partial charge in [0.05, 0.1) is 7.11 Å². The van der Waals surface area contributed by atoms with Gasteiger partial charge in [-0.1, -0.05) is 30.3 Å². The number of hydrogen-bond acceptors (Lipinski definition) is 4. The third kappa shape index (κ3) is 6.50. The fraction of sp³-hybridized carbons (Fsp3) is 0.333. The van der Waals surface area contributed by atoms with Gasteiger partial charge < -0.3 is 25.5 Å². The summed E-state index contributed by atoms with van der Waals surface area (Å²) < 4.78 is 37.1. The highest BCUT2D eigenvalue weighted by Crippen LogP contribution is 2.30. The Labute approximate surface area is 194 Å². The van der Waals surface area contributed by atoms with Gasteiger partial charge in [0.2, 0.25) is 0 Å². The van der Waals surface area contributed by atoms with Gasteiger partial charge in [-0.25, -0.2) is 4.79 Å². The van der Waals surface area contributed by atoms with Crippen molar-refractivity contribution in [3.05, 3.63) is 65.4 Å². The highest BCUT2D eigenvalue weighted by atomic mass is 19.4. The van der Waals surface area contributed by atoms with Crippen LogP contribution in [0.3, 0.4) is 0 Å². The van der Waals surface area contributed by atoms with Crippen LogP contribution in [0.4, 0.5) is 13.2 Å². The molecule has 0 saturated heterocycles. The van der Waals surface area contributed by atoms with Crippen molar-refractivity contribution >= 4 is 22.8 Å². The highest BCUT2D eigenvalue weighted by Gasteiger charge is 2.38. The molecule has 0 aliphatic carbocycles. The zero-order valence-electron chi connectivity index (χ0n) is 18.5. The van der Waals surface area contributed by atoms with Crippen molar-refractivity contribution in [1.82, 2.24) is 15.6 Å². The third-order valence-corrected chi connectivity index (χ3v) is 5.45. The van der Waals surface area contributed by atoms with Crippen molar-refractivity contribution in [2.24, 2.45) is 0 Å². The number of halogens is 3. The Bertz CT molecular complexity index is 1130. The number of carboxylic acids is 1. The number of benzene rings is 2. The summed E-state index contributed by atoms with van der Waals surface area (Å²) in [6, 6.07) is 16.5. The Morgan fingerprint density at radius 3 is 2.56 bits per heavy atom. The van der Waals surface area contributed by atoms with Crippen LogP contribution in [0.5, 0.6) is 5.75 Å². The Balaban J connectivity index is 0.000000406. The molecule has 34 heavy (non-hydrogen) atoms. The molecule has 4 N–H and O–H groups in total. The van der Waals surface area contributed by atoms with E-state index in [0.29, 0.717) is 5.69 Å². The zero-order valence-corrected chi connectivity index (χ0v) is 18.5. The second kappa shape index (κ2) is 11.1. The Hall–Kier alpha value is -3.53. The van der Waals surface area contributed by atoms with Crippen LogP contribution >= 0.6 is 0 Å². The lowest BCUT2D eigenvalue weighted by molar-refractivity contribution is -0.192. The van der Waals surface area contributed by atoms with Gasteiger partial charge in [0.15, 0.2) is 0 Å². The van der Waals surface area contributed by atoms with Crippen molar-refractivity contribution in [3.63, 3.8) is 0 Å². The zero-order chi connectivity index (χ0) is 24.7. The number of ether oxygens (including phenoxy) is 1. The largest absolute Gasteiger partial charge is 0.497 e. The molecule has 2 heterocycles. The SMILES string of the molecule is COc1ccc2[nH]c3c(c2c1)CC(CCCNCc1ccccc1)NC3=O.O=C(O)C(F)(F)F. The maximum atomic E-state index is 12.5. The molecule has 1 atom stereocenters. The summed E-state index contributed by atoms with van der Waals surface area (Å²) in [5.41, 5.74) is 4.08. The number of methoxy groups -OCH3 is 1. The molecule has 0 fully saturated rings. The molecule has 1 aliphatic heterocycles. The number of nitrogens with one attached hydrogen (secondary N) is 3. The van der Waals surface area contributed by atoms with Crippen LogP contribution in [0.2, 0.25) is 0 Å². The molecule has 0 saturated carbocycles. The number of rotatable bonds is 7. The molecule has 1 aliphatic rings. The monoisotopic (exact) mass is 477 g/mol. The van der Waals surface area contributed by atoms with Crippen LogP contribution in [0.25, 0.3) is 10.9 Å². The summed E-state index contributed by atoms with van der Waals surface area (Å²) in [5, 5.41) is 14.8. The van der Waals surface area contributed by atoms with Gasteiger partial charge >= 0.3 is 12.1 Å². The molecule has 0 bridgehead atoms. The van der Waals surface area contributed by atoms with E-state index in [2.05, 4.69) is 39.9 Å². The summed E-state index contributed by atoms with van der Waals surface area (Å²) in [6.45, 7) is 1.82. The van der Waals surface area contributed by atoms with E-state index in [-0.39, 0.29) is 11.9 Å². The lowest BCUT2D eigenvalue weighted by Crippen LogP contribution is -2.41. The summed E-state index contributed by atoms with van der Waals surface area (Å²) in [4.78, 5) is 24.7. The molecule has 10 heteroatoms. The highest BCUT2D eigenvalue weighted by molar-refractivity contribution is 6.02. The maximum Gasteiger partial charge on any atom is 0.490 e. The number of carbonyl (C=O) groups is 2. The number of fused-ring (bicyclic) bond motifs is 3. The first kappa shape index (κ1) is 25.1. The summed E-state index contributed by atoms with van der Waals surface area (Å²) in [5.74, 6) is -1.95. The minimum absolute atomic E-state index is 0.00587. The second-order valence-electron chi connectivity index (χ2n) is 7.87. The van der Waals surface area contributed by atoms with E-state index < -0.39 is 12.1 Å². The van der Waals surface area contributed by atoms with E-state index in [1.807, 2.05) is 24.3 Å². The van der Waals surface area contributed by atoms with Gasteiger partial charge in [0.25, 0.3) is 5.91 Å². The molecule has 3 aromatic rings. The number of aromatic nitrogens is 1. The quantitative estimate of drug-likeness (QED) is 0.385. The number of carboxylic acid groups (broad SMARTS) is 1. The summed E-state index contributed by atoms with van der Waals surface area (Å²) in [6.07, 6.45) is -2.24. The Kier molecular flexibility index (Phi) is 8.17. The van der Waals surface area contributed by atoms with Gasteiger partial charge in [-0.3, -0.25) is 4.79 Å². The Morgan fingerprint density at radius 1 is 1.21 bits per heavy atom. The van der Waals surface area contributed by atoms with Gasteiger partial charge in [0, 0.05) is 23.5 Å². The number of hydrogen-bond donors (Lipinski definition) is 4. The lowest BCUT2D eigenvalue weighted by atomic mass is 9.95. The first-order valence-electron chi connectivity index (χ1n) is 10.7. The third-order valence-electron chi connectivity index (χ3n) is 5.45. The molecule has 1 amide bonds. The number of alkyl halides is 3. The van der Waals surface area contributed by atoms with E-state index >= 15 is 0 Å². The molecular weight excluding hydrogens is 451 g/mol. The van der Waals surface area contributed by atoms with Crippen molar-refractivity contribution in [3.8, 4) is 5.75 Å². The normalized spacial score (nSPS) is 15.2. The van der Waals surface area contributed by atoms with E-state index in [1.165, 1.54) is 5.56 Å². The van der Waals surface area contributed by atoms with Crippen molar-refractivity contribution in [2.45, 2.75) is 38.0 Å². The Morgan fingerprint density at radius 2 is 1.91 bits per heavy atom. The number of aliphatic carboxylic acids is 1. The first-order chi connectivity index (χ1) is 16.2. The molecule has 2 aromatic carbocycles. The van der Waals surface area contributed by atoms with E-state index in [0.717, 1.165) is 54.6 Å². The molecule has 0 radical (unpaired) electrons. The minimum Gasteiger partial charge on any atom is -0.497 e. The van der Waals surface area contributed by atoms with Crippen molar-refractivity contribution in [1.29, 1.82) is 0 Å². The molecule has 182 valence electrons. The standard InChI is InChI=1S/C22H25N3O2.C2HF3O2/c1-27-17-9-10-20-18(13-17)19-12-16(24-22(26)21(19)25-20)8-5-11-23-14-15-6-3-2-4-7-15;3-2(4,5)1(6)7/h2-4,6-7,9-10,13,16,23,25H,5,8,11-12,14H2,1H3,(H,24,26);(H,6,7). The molecule has 1 unspecified atom stereocenters. The first-order valence-corrected chi connectivity index (χ1v) is 10.7. The van der Waals surface area contributed by atoms with Crippen molar-refractivity contribution in [2.75, 3.05) is 13.7 Å². The number of aromatic amines is 1. The minimum atomic E-state index is -5.08. The topological polar surface area (TPSA) is 103 Å². The van der Waals surface area contributed by atoms with Gasteiger partial charge in [-0.2, -0.15) is 13.2 Å². The van der Waals surface area contributed by atoms with Gasteiger partial charge in [-0.05, 0) is 55.1 Å². The van der Waals surface area contributed by atoms with Crippen LogP contribution in [0, 0.1) is 0 Å². The predicted octanol–water partition coefficient (Wildman–Crippen LogP) is 4.03. The van der Waals surface area contributed by atoms with Gasteiger partial charge in [-0.15, -0.1) is 0 Å². The number of amides is 1. The number of H-pyrrole nitrogens is 1. The van der Waals surface area contributed by atoms with E-state index in [9.17, 15) is 18.0 Å². The molecular formula is C24H26F3N3O4. The lowest BCUT2D eigenvalue weighted by Gasteiger charge is -2.24. The molecule has 1 aromatic heterocycles. The summed E-state index contributed by atoms with van der Waals surface area (Å²) >= 11 is 0. The average molecular weight is 477 g/mol. The van der Waals surface area contributed by atoms with Crippen LogP contribution in [0.15, 0.2) is 48.5 Å². The summed E-state index contributed by atoms with van der Waals surface area (Å²) in [7, 11) is 1.66. The molecule has 7 nitrogen and oxygen atoms in total. The fourth-order valence-corrected chi connectivity index (χ4v) is 3.79. The predicted molar refractivity (Wildman–Crippen MR) is 121 cm³/mol. The van der Waals surface area contributed by atoms with Crippen LogP contribution in [-0.2, 0) is 17.8 Å². The van der Waals surface area contributed by atoms with Crippen LogP contribution in [0.1, 0.15) is 34.5 Å². The second-order valence-corrected chi connectivity index (χ2v) is 7.87. The smallest absolute Gasteiger partial charge is 0.490 e. The van der Waals surface area contributed by atoms with Gasteiger partial charge in [0.1, 0.15) is 11.4 Å². The van der Waals surface area contributed by atoms with Crippen LogP contribution < -0.4 is 15.4 Å².